The fourth-order valence-electron chi connectivity index (χ4n) is 1.35. The molecule has 0 spiro atoms. The minimum absolute atomic E-state index is 0.0509. The smallest absolute Gasteiger partial charge is 0.370 e. The molecule has 1 aromatic heterocycles. The summed E-state index contributed by atoms with van der Waals surface area (Å²) in [5.41, 5.74) is 0. The van der Waals surface area contributed by atoms with E-state index in [0.717, 1.165) is 12.8 Å². The van der Waals surface area contributed by atoms with Crippen LogP contribution in [0.2, 0.25) is 0 Å². The summed E-state index contributed by atoms with van der Waals surface area (Å²) >= 11 is 0. The summed E-state index contributed by atoms with van der Waals surface area (Å²) in [5, 5.41) is 5.78. The number of halogens is 3. The number of hydrogen-bond acceptors (Lipinski definition) is 4. The van der Waals surface area contributed by atoms with E-state index in [1.807, 2.05) is 20.8 Å². The van der Waals surface area contributed by atoms with E-state index in [-0.39, 0.29) is 17.7 Å². The highest BCUT2D eigenvalue weighted by Gasteiger charge is 2.35. The maximum Gasteiger partial charge on any atom is 0.451 e. The molecular weight excluding hydrogens is 257 g/mol. The lowest BCUT2D eigenvalue weighted by atomic mass is 10.2. The topological polar surface area (TPSA) is 49.8 Å². The van der Waals surface area contributed by atoms with Crippen LogP contribution in [0.3, 0.4) is 0 Å². The Hall–Kier alpha value is -1.53. The average Bonchev–Trinajstić information content (AvgIpc) is 2.34. The zero-order valence-electron chi connectivity index (χ0n) is 11.3. The lowest BCUT2D eigenvalue weighted by Gasteiger charge is -2.15. The van der Waals surface area contributed by atoms with Crippen LogP contribution in [-0.2, 0) is 6.18 Å². The van der Waals surface area contributed by atoms with Crippen molar-refractivity contribution >= 4 is 11.6 Å². The molecule has 4 nitrogen and oxygen atoms in total. The van der Waals surface area contributed by atoms with Gasteiger partial charge in [0.2, 0.25) is 5.82 Å². The van der Waals surface area contributed by atoms with Crippen LogP contribution in [-0.4, -0.2) is 22.6 Å². The van der Waals surface area contributed by atoms with Crippen molar-refractivity contribution in [2.45, 2.75) is 45.8 Å². The normalized spacial score (nSPS) is 13.2. The summed E-state index contributed by atoms with van der Waals surface area (Å²) in [6.07, 6.45) is -2.95. The van der Waals surface area contributed by atoms with Gasteiger partial charge in [-0.15, -0.1) is 0 Å². The number of anilines is 2. The van der Waals surface area contributed by atoms with Crippen molar-refractivity contribution in [1.29, 1.82) is 0 Å². The van der Waals surface area contributed by atoms with Crippen molar-refractivity contribution in [3.63, 3.8) is 0 Å². The molecule has 0 saturated heterocycles. The first-order valence-corrected chi connectivity index (χ1v) is 6.33. The molecule has 0 saturated carbocycles. The van der Waals surface area contributed by atoms with Crippen molar-refractivity contribution in [3.05, 3.63) is 11.9 Å². The van der Waals surface area contributed by atoms with Crippen molar-refractivity contribution in [2.75, 3.05) is 17.2 Å². The van der Waals surface area contributed by atoms with Gasteiger partial charge >= 0.3 is 6.18 Å². The van der Waals surface area contributed by atoms with Gasteiger partial charge in [0.15, 0.2) is 0 Å². The fraction of sp³-hybridized carbons (Fsp3) is 0.667. The third kappa shape index (κ3) is 4.92. The molecule has 19 heavy (non-hydrogen) atoms. The van der Waals surface area contributed by atoms with Gasteiger partial charge in [-0.2, -0.15) is 13.2 Å². The minimum Gasteiger partial charge on any atom is -0.370 e. The molecule has 0 aromatic carbocycles. The van der Waals surface area contributed by atoms with E-state index in [9.17, 15) is 13.2 Å². The van der Waals surface area contributed by atoms with Gasteiger partial charge in [-0.3, -0.25) is 0 Å². The van der Waals surface area contributed by atoms with Gasteiger partial charge in [-0.25, -0.2) is 9.97 Å². The third-order valence-corrected chi connectivity index (χ3v) is 2.54. The first-order chi connectivity index (χ1) is 8.86. The molecule has 108 valence electrons. The molecular formula is C12H19F3N4. The first-order valence-electron chi connectivity index (χ1n) is 6.33. The molecule has 0 fully saturated rings. The molecule has 1 unspecified atom stereocenters. The highest BCUT2D eigenvalue weighted by Crippen LogP contribution is 2.28. The number of nitrogens with zero attached hydrogens (tertiary/aromatic N) is 2. The highest BCUT2D eigenvalue weighted by atomic mass is 19.4. The highest BCUT2D eigenvalue weighted by molar-refractivity contribution is 5.48. The van der Waals surface area contributed by atoms with Crippen LogP contribution in [0.4, 0.5) is 24.8 Å². The van der Waals surface area contributed by atoms with Gasteiger partial charge < -0.3 is 10.6 Å². The van der Waals surface area contributed by atoms with E-state index >= 15 is 0 Å². The van der Waals surface area contributed by atoms with Gasteiger partial charge in [-0.05, 0) is 19.8 Å². The standard InChI is InChI=1S/C12H19F3N4/c1-4-6-16-9-7-10(17-8(3)5-2)19-11(18-9)12(13,14)15/h7-8H,4-6H2,1-3H3,(H2,16,17,18,19). The Labute approximate surface area is 110 Å². The maximum atomic E-state index is 12.7. The molecule has 1 aromatic rings. The van der Waals surface area contributed by atoms with Crippen LogP contribution >= 0.6 is 0 Å². The van der Waals surface area contributed by atoms with Crippen molar-refractivity contribution in [3.8, 4) is 0 Å². The molecule has 0 aliphatic carbocycles. The van der Waals surface area contributed by atoms with Gasteiger partial charge in [0, 0.05) is 18.7 Å². The molecule has 7 heteroatoms. The minimum atomic E-state index is -4.55. The predicted octanol–water partition coefficient (Wildman–Crippen LogP) is 3.53. The van der Waals surface area contributed by atoms with E-state index in [0.29, 0.717) is 6.54 Å². The summed E-state index contributed by atoms with van der Waals surface area (Å²) in [4.78, 5) is 7.00. The second-order valence-corrected chi connectivity index (χ2v) is 4.34. The van der Waals surface area contributed by atoms with Crippen molar-refractivity contribution < 1.29 is 13.2 Å². The van der Waals surface area contributed by atoms with Crippen LogP contribution in [0.15, 0.2) is 6.07 Å². The Kier molecular flexibility index (Phi) is 5.38. The molecule has 0 bridgehead atoms. The molecule has 0 aliphatic rings. The maximum absolute atomic E-state index is 12.7. The zero-order valence-corrected chi connectivity index (χ0v) is 11.3. The number of rotatable bonds is 6. The summed E-state index contributed by atoms with van der Waals surface area (Å²) in [7, 11) is 0. The molecule has 0 aliphatic heterocycles. The first kappa shape index (κ1) is 15.5. The van der Waals surface area contributed by atoms with Crippen molar-refractivity contribution in [1.82, 2.24) is 9.97 Å². The Morgan fingerprint density at radius 1 is 1.21 bits per heavy atom. The van der Waals surface area contributed by atoms with Gasteiger partial charge in [0.1, 0.15) is 11.6 Å². The second kappa shape index (κ2) is 6.58. The Morgan fingerprint density at radius 3 is 2.37 bits per heavy atom. The van der Waals surface area contributed by atoms with Gasteiger partial charge in [0.25, 0.3) is 0 Å². The van der Waals surface area contributed by atoms with E-state index in [1.54, 1.807) is 0 Å². The predicted molar refractivity (Wildman–Crippen MR) is 69.2 cm³/mol. The summed E-state index contributed by atoms with van der Waals surface area (Å²) in [6, 6.07) is 1.55. The number of hydrogen-bond donors (Lipinski definition) is 2. The number of alkyl halides is 3. The molecule has 1 atom stereocenters. The zero-order chi connectivity index (χ0) is 14.5. The van der Waals surface area contributed by atoms with E-state index in [1.165, 1.54) is 6.07 Å². The Bertz CT molecular complexity index is 406. The summed E-state index contributed by atoms with van der Waals surface area (Å²) in [5.74, 6) is -0.746. The summed E-state index contributed by atoms with van der Waals surface area (Å²) in [6.45, 7) is 6.32. The average molecular weight is 276 g/mol. The Balaban J connectivity index is 3.02. The van der Waals surface area contributed by atoms with E-state index in [2.05, 4.69) is 20.6 Å². The van der Waals surface area contributed by atoms with Crippen LogP contribution in [0.1, 0.15) is 39.4 Å². The number of nitrogens with one attached hydrogen (secondary N) is 2. The largest absolute Gasteiger partial charge is 0.451 e. The Morgan fingerprint density at radius 2 is 1.84 bits per heavy atom. The van der Waals surface area contributed by atoms with Crippen LogP contribution in [0, 0.1) is 0 Å². The lowest BCUT2D eigenvalue weighted by Crippen LogP contribution is -2.19. The molecule has 0 amide bonds. The molecule has 1 heterocycles. The van der Waals surface area contributed by atoms with E-state index < -0.39 is 12.0 Å². The quantitative estimate of drug-likeness (QED) is 0.834. The monoisotopic (exact) mass is 276 g/mol. The van der Waals surface area contributed by atoms with Gasteiger partial charge in [0.05, 0.1) is 0 Å². The van der Waals surface area contributed by atoms with Crippen molar-refractivity contribution in [2.24, 2.45) is 0 Å². The van der Waals surface area contributed by atoms with Crippen LogP contribution in [0.5, 0.6) is 0 Å². The second-order valence-electron chi connectivity index (χ2n) is 4.34. The van der Waals surface area contributed by atoms with E-state index in [4.69, 9.17) is 0 Å². The third-order valence-electron chi connectivity index (χ3n) is 2.54. The van der Waals surface area contributed by atoms with Crippen LogP contribution in [0.25, 0.3) is 0 Å². The van der Waals surface area contributed by atoms with Crippen LogP contribution < -0.4 is 10.6 Å². The lowest BCUT2D eigenvalue weighted by molar-refractivity contribution is -0.144. The molecule has 1 rings (SSSR count). The summed E-state index contributed by atoms with van der Waals surface area (Å²) < 4.78 is 38.1. The molecule has 2 N–H and O–H groups in total. The molecule has 0 radical (unpaired) electrons. The van der Waals surface area contributed by atoms with Gasteiger partial charge in [-0.1, -0.05) is 13.8 Å². The number of aromatic nitrogens is 2. The fourth-order valence-corrected chi connectivity index (χ4v) is 1.35. The SMILES string of the molecule is CCCNc1cc(NC(C)CC)nc(C(F)(F)F)n1.